The zero-order valence-corrected chi connectivity index (χ0v) is 8.33. The third kappa shape index (κ3) is 4.03. The van der Waals surface area contributed by atoms with Gasteiger partial charge in [-0.15, -0.1) is 0 Å². The van der Waals surface area contributed by atoms with Crippen LogP contribution in [0.4, 0.5) is 0 Å². The molecule has 0 aliphatic heterocycles. The standard InChI is InChI=1S/C9H16O4/c1-4-7(9(11)13-3)8(10)5-6-12-2/h7H,4-6H2,1-3H3. The smallest absolute Gasteiger partial charge is 0.316 e. The lowest BCUT2D eigenvalue weighted by Gasteiger charge is -2.10. The fourth-order valence-corrected chi connectivity index (χ4v) is 1.04. The van der Waals surface area contributed by atoms with Gasteiger partial charge in [0, 0.05) is 13.5 Å². The molecular weight excluding hydrogens is 172 g/mol. The predicted molar refractivity (Wildman–Crippen MR) is 47.3 cm³/mol. The highest BCUT2D eigenvalue weighted by Gasteiger charge is 2.24. The molecule has 4 heteroatoms. The lowest BCUT2D eigenvalue weighted by Crippen LogP contribution is -2.25. The van der Waals surface area contributed by atoms with Crippen LogP contribution in [0.1, 0.15) is 19.8 Å². The quantitative estimate of drug-likeness (QED) is 0.457. The molecule has 0 N–H and O–H groups in total. The first-order valence-corrected chi connectivity index (χ1v) is 4.26. The van der Waals surface area contributed by atoms with Crippen molar-refractivity contribution in [2.75, 3.05) is 20.8 Å². The summed E-state index contributed by atoms with van der Waals surface area (Å²) in [4.78, 5) is 22.4. The molecule has 0 saturated carbocycles. The second-order valence-electron chi connectivity index (χ2n) is 2.69. The predicted octanol–water partition coefficient (Wildman–Crippen LogP) is 0.791. The average molecular weight is 188 g/mol. The number of hydrogen-bond acceptors (Lipinski definition) is 4. The van der Waals surface area contributed by atoms with E-state index >= 15 is 0 Å². The Hall–Kier alpha value is -0.900. The molecule has 0 fully saturated rings. The maximum atomic E-state index is 11.4. The second kappa shape index (κ2) is 6.60. The summed E-state index contributed by atoms with van der Waals surface area (Å²) < 4.78 is 9.25. The number of hydrogen-bond donors (Lipinski definition) is 0. The highest BCUT2D eigenvalue weighted by molar-refractivity contribution is 5.98. The van der Waals surface area contributed by atoms with Crippen molar-refractivity contribution >= 4 is 11.8 Å². The van der Waals surface area contributed by atoms with E-state index < -0.39 is 11.9 Å². The van der Waals surface area contributed by atoms with Gasteiger partial charge in [0.05, 0.1) is 13.7 Å². The van der Waals surface area contributed by atoms with Crippen LogP contribution in [0.15, 0.2) is 0 Å². The highest BCUT2D eigenvalue weighted by Crippen LogP contribution is 2.08. The lowest BCUT2D eigenvalue weighted by molar-refractivity contribution is -0.149. The first kappa shape index (κ1) is 12.1. The Balaban J connectivity index is 4.07. The van der Waals surface area contributed by atoms with E-state index in [2.05, 4.69) is 4.74 Å². The average Bonchev–Trinajstić information content (AvgIpc) is 2.15. The van der Waals surface area contributed by atoms with Gasteiger partial charge < -0.3 is 9.47 Å². The highest BCUT2D eigenvalue weighted by atomic mass is 16.5. The number of rotatable bonds is 6. The molecule has 0 amide bonds. The zero-order chi connectivity index (χ0) is 10.3. The Labute approximate surface area is 78.2 Å². The van der Waals surface area contributed by atoms with Crippen LogP contribution in [-0.4, -0.2) is 32.6 Å². The Morgan fingerprint density at radius 1 is 1.31 bits per heavy atom. The van der Waals surface area contributed by atoms with E-state index in [1.54, 1.807) is 6.92 Å². The number of ether oxygens (including phenoxy) is 2. The third-order valence-corrected chi connectivity index (χ3v) is 1.84. The van der Waals surface area contributed by atoms with Crippen molar-refractivity contribution in [3.05, 3.63) is 0 Å². The molecule has 0 aliphatic carbocycles. The van der Waals surface area contributed by atoms with Crippen LogP contribution in [0.2, 0.25) is 0 Å². The van der Waals surface area contributed by atoms with E-state index in [9.17, 15) is 9.59 Å². The minimum Gasteiger partial charge on any atom is -0.468 e. The van der Waals surface area contributed by atoms with Crippen LogP contribution in [0.25, 0.3) is 0 Å². The molecule has 13 heavy (non-hydrogen) atoms. The van der Waals surface area contributed by atoms with Crippen LogP contribution in [0.3, 0.4) is 0 Å². The summed E-state index contributed by atoms with van der Waals surface area (Å²) in [5.74, 6) is -1.19. The second-order valence-corrected chi connectivity index (χ2v) is 2.69. The number of carbonyl (C=O) groups is 2. The number of Topliss-reactive ketones (excluding diaryl/α,β-unsaturated/α-hetero) is 1. The summed E-state index contributed by atoms with van der Waals surface area (Å²) in [5, 5.41) is 0. The number of esters is 1. The van der Waals surface area contributed by atoms with E-state index in [1.165, 1.54) is 14.2 Å². The molecule has 0 aromatic carbocycles. The van der Waals surface area contributed by atoms with Crippen molar-refractivity contribution in [2.45, 2.75) is 19.8 Å². The molecule has 0 aliphatic rings. The largest absolute Gasteiger partial charge is 0.468 e. The minimum atomic E-state index is -0.625. The Morgan fingerprint density at radius 3 is 2.31 bits per heavy atom. The van der Waals surface area contributed by atoms with Crippen molar-refractivity contribution < 1.29 is 19.1 Å². The summed E-state index contributed by atoms with van der Waals surface area (Å²) in [6.45, 7) is 2.14. The third-order valence-electron chi connectivity index (χ3n) is 1.84. The number of methoxy groups -OCH3 is 2. The normalized spacial score (nSPS) is 12.2. The van der Waals surface area contributed by atoms with E-state index in [1.807, 2.05) is 0 Å². The van der Waals surface area contributed by atoms with Crippen LogP contribution < -0.4 is 0 Å². The fraction of sp³-hybridized carbons (Fsp3) is 0.778. The molecule has 0 spiro atoms. The van der Waals surface area contributed by atoms with E-state index in [-0.39, 0.29) is 12.2 Å². The molecule has 4 nitrogen and oxygen atoms in total. The molecule has 0 rings (SSSR count). The molecule has 0 radical (unpaired) electrons. The number of ketones is 1. The maximum absolute atomic E-state index is 11.4. The van der Waals surface area contributed by atoms with Crippen molar-refractivity contribution in [1.82, 2.24) is 0 Å². The fourth-order valence-electron chi connectivity index (χ4n) is 1.04. The molecule has 0 saturated heterocycles. The molecule has 0 aromatic rings. The molecule has 0 heterocycles. The monoisotopic (exact) mass is 188 g/mol. The van der Waals surface area contributed by atoms with E-state index in [0.717, 1.165) is 0 Å². The molecule has 1 unspecified atom stereocenters. The Morgan fingerprint density at radius 2 is 1.92 bits per heavy atom. The lowest BCUT2D eigenvalue weighted by atomic mass is 9.99. The molecule has 0 aromatic heterocycles. The van der Waals surface area contributed by atoms with Crippen LogP contribution in [0, 0.1) is 5.92 Å². The van der Waals surface area contributed by atoms with E-state index in [4.69, 9.17) is 4.74 Å². The summed E-state index contributed by atoms with van der Waals surface area (Å²) in [6, 6.07) is 0. The minimum absolute atomic E-state index is 0.115. The van der Waals surface area contributed by atoms with Crippen LogP contribution in [-0.2, 0) is 19.1 Å². The van der Waals surface area contributed by atoms with Gasteiger partial charge in [0.1, 0.15) is 11.7 Å². The van der Waals surface area contributed by atoms with Gasteiger partial charge in [-0.05, 0) is 6.42 Å². The van der Waals surface area contributed by atoms with Crippen molar-refractivity contribution in [3.63, 3.8) is 0 Å². The van der Waals surface area contributed by atoms with Crippen LogP contribution >= 0.6 is 0 Å². The number of carbonyl (C=O) groups excluding carboxylic acids is 2. The van der Waals surface area contributed by atoms with Crippen molar-refractivity contribution in [3.8, 4) is 0 Å². The summed E-state index contributed by atoms with van der Waals surface area (Å²) in [7, 11) is 2.81. The van der Waals surface area contributed by atoms with Crippen molar-refractivity contribution in [1.29, 1.82) is 0 Å². The van der Waals surface area contributed by atoms with Gasteiger partial charge in [-0.3, -0.25) is 9.59 Å². The maximum Gasteiger partial charge on any atom is 0.316 e. The molecule has 1 atom stereocenters. The van der Waals surface area contributed by atoms with Gasteiger partial charge >= 0.3 is 5.97 Å². The van der Waals surface area contributed by atoms with E-state index in [0.29, 0.717) is 13.0 Å². The van der Waals surface area contributed by atoms with Gasteiger partial charge in [-0.25, -0.2) is 0 Å². The summed E-state index contributed by atoms with van der Waals surface area (Å²) in [5.41, 5.74) is 0. The van der Waals surface area contributed by atoms with Gasteiger partial charge in [0.2, 0.25) is 0 Å². The molecular formula is C9H16O4. The Bertz CT molecular complexity index is 176. The van der Waals surface area contributed by atoms with Gasteiger partial charge in [-0.2, -0.15) is 0 Å². The Kier molecular flexibility index (Phi) is 6.14. The molecule has 76 valence electrons. The SMILES string of the molecule is CCC(C(=O)CCOC)C(=O)OC. The summed E-state index contributed by atoms with van der Waals surface area (Å²) >= 11 is 0. The zero-order valence-electron chi connectivity index (χ0n) is 8.33. The molecule has 0 bridgehead atoms. The first-order chi connectivity index (χ1) is 6.17. The first-order valence-electron chi connectivity index (χ1n) is 4.26. The summed E-state index contributed by atoms with van der Waals surface area (Å²) in [6.07, 6.45) is 0.749. The topological polar surface area (TPSA) is 52.6 Å². The van der Waals surface area contributed by atoms with Gasteiger partial charge in [0.15, 0.2) is 0 Å². The van der Waals surface area contributed by atoms with Gasteiger partial charge in [-0.1, -0.05) is 6.92 Å². The van der Waals surface area contributed by atoms with Crippen molar-refractivity contribution in [2.24, 2.45) is 5.92 Å². The van der Waals surface area contributed by atoms with Gasteiger partial charge in [0.25, 0.3) is 0 Å². The van der Waals surface area contributed by atoms with Crippen LogP contribution in [0.5, 0.6) is 0 Å².